The first-order chi connectivity index (χ1) is 10.3. The minimum Gasteiger partial charge on any atom is -0.342 e. The van der Waals surface area contributed by atoms with Gasteiger partial charge in [-0.2, -0.15) is 0 Å². The van der Waals surface area contributed by atoms with Crippen LogP contribution in [0.25, 0.3) is 0 Å². The molecule has 0 bridgehead atoms. The molecule has 0 atom stereocenters. The van der Waals surface area contributed by atoms with Gasteiger partial charge in [0.05, 0.1) is 12.0 Å². The van der Waals surface area contributed by atoms with E-state index in [0.717, 1.165) is 11.2 Å². The Balaban J connectivity index is 1.76. The number of nitrogens with zero attached hydrogens (tertiary/aromatic N) is 1. The summed E-state index contributed by atoms with van der Waals surface area (Å²) in [4.78, 5) is 14.7. The first kappa shape index (κ1) is 17.2. The van der Waals surface area contributed by atoms with Crippen LogP contribution in [-0.2, 0) is 14.8 Å². The predicted octanol–water partition coefficient (Wildman–Crippen LogP) is 1.46. The molecular weight excluding hydrogens is 327 g/mol. The van der Waals surface area contributed by atoms with E-state index in [1.165, 1.54) is 23.9 Å². The minimum atomic E-state index is -3.20. The fraction of sp³-hybridized carbons (Fsp3) is 0.500. The highest BCUT2D eigenvalue weighted by atomic mass is 32.2. The maximum Gasteiger partial charge on any atom is 0.232 e. The van der Waals surface area contributed by atoms with Crippen molar-refractivity contribution in [3.05, 3.63) is 30.1 Å². The van der Waals surface area contributed by atoms with E-state index in [2.05, 4.69) is 4.72 Å². The Morgan fingerprint density at radius 1 is 1.32 bits per heavy atom. The highest BCUT2D eigenvalue weighted by molar-refractivity contribution is 8.00. The summed E-state index contributed by atoms with van der Waals surface area (Å²) in [7, 11) is -3.20. The Labute approximate surface area is 134 Å². The molecule has 1 aliphatic heterocycles. The quantitative estimate of drug-likeness (QED) is 0.820. The molecule has 0 radical (unpaired) electrons. The van der Waals surface area contributed by atoms with Crippen molar-refractivity contribution in [3.8, 4) is 0 Å². The third-order valence-corrected chi connectivity index (χ3v) is 5.16. The molecule has 0 unspecified atom stereocenters. The van der Waals surface area contributed by atoms with Crippen molar-refractivity contribution in [3.63, 3.8) is 0 Å². The van der Waals surface area contributed by atoms with E-state index in [1.807, 2.05) is 0 Å². The minimum absolute atomic E-state index is 0.0205. The Morgan fingerprint density at radius 3 is 2.45 bits per heavy atom. The second-order valence-corrected chi connectivity index (χ2v) is 8.12. The van der Waals surface area contributed by atoms with Crippen molar-refractivity contribution in [2.45, 2.75) is 23.8 Å². The van der Waals surface area contributed by atoms with Crippen LogP contribution in [0.3, 0.4) is 0 Å². The topological polar surface area (TPSA) is 66.5 Å². The molecule has 2 rings (SSSR count). The number of nitrogens with one attached hydrogen (secondary N) is 1. The zero-order valence-electron chi connectivity index (χ0n) is 12.3. The van der Waals surface area contributed by atoms with Gasteiger partial charge in [0.1, 0.15) is 5.82 Å². The Bertz CT molecular complexity index is 611. The molecular formula is C14H19FN2O3S2. The summed E-state index contributed by atoms with van der Waals surface area (Å²) in [6.07, 6.45) is 2.39. The normalized spacial score (nSPS) is 16.7. The van der Waals surface area contributed by atoms with Gasteiger partial charge in [0, 0.05) is 24.0 Å². The number of thioether (sulfide) groups is 1. The van der Waals surface area contributed by atoms with Crippen LogP contribution in [0.5, 0.6) is 0 Å². The molecule has 1 saturated heterocycles. The molecule has 1 aromatic rings. The molecule has 22 heavy (non-hydrogen) atoms. The zero-order valence-corrected chi connectivity index (χ0v) is 13.9. The summed E-state index contributed by atoms with van der Waals surface area (Å²) >= 11 is 1.37. The summed E-state index contributed by atoms with van der Waals surface area (Å²) in [5.74, 6) is 0.0266. The van der Waals surface area contributed by atoms with Crippen molar-refractivity contribution in [2.24, 2.45) is 0 Å². The van der Waals surface area contributed by atoms with Gasteiger partial charge in [-0.25, -0.2) is 17.5 Å². The van der Waals surface area contributed by atoms with E-state index >= 15 is 0 Å². The first-order valence-corrected chi connectivity index (χ1v) is 9.84. The maximum atomic E-state index is 12.8. The molecule has 1 amide bonds. The molecule has 5 nitrogen and oxygen atoms in total. The molecule has 1 N–H and O–H groups in total. The largest absolute Gasteiger partial charge is 0.342 e. The van der Waals surface area contributed by atoms with Crippen LogP contribution in [0, 0.1) is 5.82 Å². The highest BCUT2D eigenvalue weighted by Crippen LogP contribution is 2.20. The van der Waals surface area contributed by atoms with E-state index < -0.39 is 10.0 Å². The van der Waals surface area contributed by atoms with Crippen molar-refractivity contribution >= 4 is 27.7 Å². The van der Waals surface area contributed by atoms with E-state index in [1.54, 1.807) is 17.0 Å². The molecule has 8 heteroatoms. The number of amides is 1. The number of hydrogen-bond acceptors (Lipinski definition) is 4. The van der Waals surface area contributed by atoms with Crippen LogP contribution in [0.15, 0.2) is 29.2 Å². The van der Waals surface area contributed by atoms with E-state index in [0.29, 0.717) is 31.7 Å². The lowest BCUT2D eigenvalue weighted by atomic mass is 10.1. The zero-order chi connectivity index (χ0) is 16.2. The van der Waals surface area contributed by atoms with Gasteiger partial charge < -0.3 is 4.90 Å². The second-order valence-electron chi connectivity index (χ2n) is 5.29. The molecule has 1 fully saturated rings. The van der Waals surface area contributed by atoms with Gasteiger partial charge in [-0.05, 0) is 37.1 Å². The summed E-state index contributed by atoms with van der Waals surface area (Å²) in [5, 5.41) is 0. The third-order valence-electron chi connectivity index (χ3n) is 3.40. The molecule has 0 aromatic heterocycles. The van der Waals surface area contributed by atoms with Crippen molar-refractivity contribution in [1.29, 1.82) is 0 Å². The van der Waals surface area contributed by atoms with Gasteiger partial charge in [-0.15, -0.1) is 11.8 Å². The monoisotopic (exact) mass is 346 g/mol. The van der Waals surface area contributed by atoms with Gasteiger partial charge in [-0.3, -0.25) is 4.79 Å². The van der Waals surface area contributed by atoms with Crippen LogP contribution < -0.4 is 4.72 Å². The van der Waals surface area contributed by atoms with Gasteiger partial charge in [0.2, 0.25) is 15.9 Å². The van der Waals surface area contributed by atoms with Gasteiger partial charge in [0.25, 0.3) is 0 Å². The van der Waals surface area contributed by atoms with Gasteiger partial charge in [0.15, 0.2) is 0 Å². The summed E-state index contributed by atoms with van der Waals surface area (Å²) in [6, 6.07) is 5.94. The fourth-order valence-electron chi connectivity index (χ4n) is 2.32. The number of sulfonamides is 1. The van der Waals surface area contributed by atoms with Crippen LogP contribution in [0.1, 0.15) is 12.8 Å². The number of likely N-dealkylation sites (tertiary alicyclic amines) is 1. The smallest absolute Gasteiger partial charge is 0.232 e. The summed E-state index contributed by atoms with van der Waals surface area (Å²) < 4.78 is 37.7. The number of carbonyl (C=O) groups is 1. The molecule has 1 aromatic carbocycles. The number of rotatable bonds is 5. The Kier molecular flexibility index (Phi) is 5.82. The first-order valence-electron chi connectivity index (χ1n) is 6.97. The highest BCUT2D eigenvalue weighted by Gasteiger charge is 2.24. The maximum absolute atomic E-state index is 12.8. The van der Waals surface area contributed by atoms with E-state index in [-0.39, 0.29) is 17.8 Å². The standard InChI is InChI=1S/C14H19FN2O3S2/c1-22(19,20)16-12-6-8-17(9-7-12)14(18)10-21-13-4-2-11(15)3-5-13/h2-5,12,16H,6-10H2,1H3. The fourth-order valence-corrected chi connectivity index (χ4v) is 3.96. The van der Waals surface area contributed by atoms with E-state index in [9.17, 15) is 17.6 Å². The van der Waals surface area contributed by atoms with Crippen LogP contribution in [0.2, 0.25) is 0 Å². The number of halogens is 1. The molecule has 0 saturated carbocycles. The lowest BCUT2D eigenvalue weighted by Gasteiger charge is -2.32. The Hall–Kier alpha value is -1.12. The van der Waals surface area contributed by atoms with Crippen LogP contribution in [0.4, 0.5) is 4.39 Å². The van der Waals surface area contributed by atoms with Gasteiger partial charge in [-0.1, -0.05) is 0 Å². The molecule has 0 spiro atoms. The van der Waals surface area contributed by atoms with Gasteiger partial charge >= 0.3 is 0 Å². The van der Waals surface area contributed by atoms with Crippen LogP contribution in [-0.4, -0.2) is 50.4 Å². The lowest BCUT2D eigenvalue weighted by Crippen LogP contribution is -2.46. The predicted molar refractivity (Wildman–Crippen MR) is 84.7 cm³/mol. The molecule has 1 heterocycles. The molecule has 1 aliphatic rings. The number of hydrogen-bond donors (Lipinski definition) is 1. The second kappa shape index (κ2) is 7.43. The summed E-state index contributed by atoms with van der Waals surface area (Å²) in [6.45, 7) is 1.10. The number of piperidine rings is 1. The summed E-state index contributed by atoms with van der Waals surface area (Å²) in [5.41, 5.74) is 0. The van der Waals surface area contributed by atoms with Crippen molar-refractivity contribution in [1.82, 2.24) is 9.62 Å². The van der Waals surface area contributed by atoms with Crippen LogP contribution >= 0.6 is 11.8 Å². The van der Waals surface area contributed by atoms with E-state index in [4.69, 9.17) is 0 Å². The SMILES string of the molecule is CS(=O)(=O)NC1CCN(C(=O)CSc2ccc(F)cc2)CC1. The Morgan fingerprint density at radius 2 is 1.91 bits per heavy atom. The van der Waals surface area contributed by atoms with Crippen molar-refractivity contribution in [2.75, 3.05) is 25.1 Å². The third kappa shape index (κ3) is 5.58. The number of benzene rings is 1. The average Bonchev–Trinajstić information content (AvgIpc) is 2.45. The van der Waals surface area contributed by atoms with Crippen molar-refractivity contribution < 1.29 is 17.6 Å². The average molecular weight is 346 g/mol. The molecule has 0 aliphatic carbocycles. The number of carbonyl (C=O) groups excluding carboxylic acids is 1. The molecule has 122 valence electrons. The lowest BCUT2D eigenvalue weighted by molar-refractivity contribution is -0.129.